The van der Waals surface area contributed by atoms with Crippen LogP contribution in [0.1, 0.15) is 27.2 Å². The summed E-state index contributed by atoms with van der Waals surface area (Å²) >= 11 is 2.23. The Morgan fingerprint density at radius 2 is 2.38 bits per heavy atom. The fraction of sp³-hybridized carbons (Fsp3) is 0.636. The molecule has 0 aliphatic rings. The lowest BCUT2D eigenvalue weighted by Crippen LogP contribution is -2.45. The Balaban J connectivity index is 2.55. The van der Waals surface area contributed by atoms with Crippen molar-refractivity contribution in [3.8, 4) is 6.07 Å². The average Bonchev–Trinajstić information content (AvgIpc) is 2.60. The van der Waals surface area contributed by atoms with Gasteiger partial charge in [-0.2, -0.15) is 10.4 Å². The summed E-state index contributed by atoms with van der Waals surface area (Å²) in [6.07, 6.45) is 4.55. The molecule has 0 aliphatic carbocycles. The van der Waals surface area contributed by atoms with Crippen LogP contribution in [0.4, 0.5) is 0 Å². The van der Waals surface area contributed by atoms with E-state index in [1.54, 1.807) is 0 Å². The molecule has 1 aromatic rings. The summed E-state index contributed by atoms with van der Waals surface area (Å²) < 4.78 is 2.99. The Kier molecular flexibility index (Phi) is 4.74. The molecule has 0 saturated carbocycles. The smallest absolute Gasteiger partial charge is 0.105 e. The molecule has 0 aromatic carbocycles. The fourth-order valence-electron chi connectivity index (χ4n) is 1.60. The SMILES string of the molecule is CC(C)NC(C)(C#N)CCn1cc(I)cn1. The van der Waals surface area contributed by atoms with Crippen LogP contribution in [0.5, 0.6) is 0 Å². The third-order valence-corrected chi connectivity index (χ3v) is 2.85. The van der Waals surface area contributed by atoms with Crippen LogP contribution in [0.2, 0.25) is 0 Å². The molecule has 0 radical (unpaired) electrons. The summed E-state index contributed by atoms with van der Waals surface area (Å²) in [5.41, 5.74) is -0.481. The van der Waals surface area contributed by atoms with Gasteiger partial charge in [0.25, 0.3) is 0 Å². The van der Waals surface area contributed by atoms with Gasteiger partial charge in [0.2, 0.25) is 0 Å². The van der Waals surface area contributed by atoms with E-state index in [-0.39, 0.29) is 0 Å². The number of nitrogens with one attached hydrogen (secondary N) is 1. The quantitative estimate of drug-likeness (QED) is 0.841. The van der Waals surface area contributed by atoms with Gasteiger partial charge in [-0.15, -0.1) is 0 Å². The maximum Gasteiger partial charge on any atom is 0.105 e. The zero-order chi connectivity index (χ0) is 12.2. The minimum Gasteiger partial charge on any atom is -0.297 e. The molecule has 4 nitrogen and oxygen atoms in total. The van der Waals surface area contributed by atoms with Crippen LogP contribution < -0.4 is 5.32 Å². The van der Waals surface area contributed by atoms with Gasteiger partial charge in [0, 0.05) is 18.8 Å². The minimum absolute atomic E-state index is 0.308. The van der Waals surface area contributed by atoms with Crippen LogP contribution >= 0.6 is 22.6 Å². The minimum atomic E-state index is -0.481. The number of rotatable bonds is 5. The highest BCUT2D eigenvalue weighted by Gasteiger charge is 2.24. The second kappa shape index (κ2) is 5.64. The van der Waals surface area contributed by atoms with Gasteiger partial charge in [-0.3, -0.25) is 10.00 Å². The Morgan fingerprint density at radius 3 is 2.81 bits per heavy atom. The van der Waals surface area contributed by atoms with Crippen molar-refractivity contribution in [1.82, 2.24) is 15.1 Å². The summed E-state index contributed by atoms with van der Waals surface area (Å²) in [5, 5.41) is 16.7. The van der Waals surface area contributed by atoms with Crippen molar-refractivity contribution in [1.29, 1.82) is 5.26 Å². The van der Waals surface area contributed by atoms with E-state index in [2.05, 4.69) is 39.1 Å². The molecule has 1 unspecified atom stereocenters. The summed E-state index contributed by atoms with van der Waals surface area (Å²) in [6, 6.07) is 2.64. The number of aryl methyl sites for hydroxylation is 1. The van der Waals surface area contributed by atoms with Crippen LogP contribution in [0.3, 0.4) is 0 Å². The van der Waals surface area contributed by atoms with Crippen LogP contribution in [0.15, 0.2) is 12.4 Å². The molecule has 1 heterocycles. The molecule has 16 heavy (non-hydrogen) atoms. The van der Waals surface area contributed by atoms with E-state index in [9.17, 15) is 5.26 Å². The Hall–Kier alpha value is -0.610. The Labute approximate surface area is 110 Å². The largest absolute Gasteiger partial charge is 0.297 e. The van der Waals surface area contributed by atoms with E-state index in [1.165, 1.54) is 0 Å². The fourth-order valence-corrected chi connectivity index (χ4v) is 2.04. The number of aromatic nitrogens is 2. The van der Waals surface area contributed by atoms with Gasteiger partial charge in [-0.05, 0) is 49.8 Å². The lowest BCUT2D eigenvalue weighted by Gasteiger charge is -2.25. The van der Waals surface area contributed by atoms with E-state index in [0.29, 0.717) is 6.04 Å². The van der Waals surface area contributed by atoms with Gasteiger partial charge in [-0.25, -0.2) is 0 Å². The van der Waals surface area contributed by atoms with Gasteiger partial charge in [0.1, 0.15) is 5.54 Å². The summed E-state index contributed by atoms with van der Waals surface area (Å²) in [4.78, 5) is 0. The van der Waals surface area contributed by atoms with Crippen molar-refractivity contribution in [2.24, 2.45) is 0 Å². The number of nitriles is 1. The second-order valence-corrected chi connectivity index (χ2v) is 5.66. The highest BCUT2D eigenvalue weighted by molar-refractivity contribution is 14.1. The first-order valence-corrected chi connectivity index (χ1v) is 6.40. The number of hydrogen-bond acceptors (Lipinski definition) is 3. The molecule has 88 valence electrons. The third kappa shape index (κ3) is 4.10. The van der Waals surface area contributed by atoms with Crippen molar-refractivity contribution >= 4 is 22.6 Å². The molecule has 0 aliphatic heterocycles. The second-order valence-electron chi connectivity index (χ2n) is 4.41. The van der Waals surface area contributed by atoms with Crippen LogP contribution in [0, 0.1) is 14.9 Å². The van der Waals surface area contributed by atoms with E-state index < -0.39 is 5.54 Å². The molecule has 1 atom stereocenters. The van der Waals surface area contributed by atoms with Crippen molar-refractivity contribution in [3.05, 3.63) is 16.0 Å². The molecular formula is C11H17IN4. The van der Waals surface area contributed by atoms with Crippen LogP contribution in [-0.4, -0.2) is 21.4 Å². The standard InChI is InChI=1S/C11H17IN4/c1-9(2)15-11(3,8-13)4-5-16-7-10(12)6-14-16/h6-7,9,15H,4-5H2,1-3H3. The maximum absolute atomic E-state index is 9.17. The van der Waals surface area contributed by atoms with Gasteiger partial charge in [0.15, 0.2) is 0 Å². The van der Waals surface area contributed by atoms with Crippen molar-refractivity contribution in [2.75, 3.05) is 0 Å². The van der Waals surface area contributed by atoms with Crippen LogP contribution in [0.25, 0.3) is 0 Å². The van der Waals surface area contributed by atoms with Crippen molar-refractivity contribution < 1.29 is 0 Å². The highest BCUT2D eigenvalue weighted by atomic mass is 127. The first-order valence-electron chi connectivity index (χ1n) is 5.32. The normalized spacial score (nSPS) is 14.8. The van der Waals surface area contributed by atoms with Gasteiger partial charge in [-0.1, -0.05) is 0 Å². The molecule has 0 fully saturated rings. The molecule has 0 bridgehead atoms. The monoisotopic (exact) mass is 332 g/mol. The highest BCUT2D eigenvalue weighted by Crippen LogP contribution is 2.11. The van der Waals surface area contributed by atoms with Gasteiger partial charge < -0.3 is 0 Å². The van der Waals surface area contributed by atoms with Gasteiger partial charge >= 0.3 is 0 Å². The van der Waals surface area contributed by atoms with E-state index in [4.69, 9.17) is 0 Å². The molecule has 1 aromatic heterocycles. The van der Waals surface area contributed by atoms with Crippen molar-refractivity contribution in [3.63, 3.8) is 0 Å². The summed E-state index contributed by atoms with van der Waals surface area (Å²) in [6.45, 7) is 6.78. The predicted octanol–water partition coefficient (Wildman–Crippen LogP) is 2.16. The number of nitrogens with zero attached hydrogens (tertiary/aromatic N) is 3. The zero-order valence-electron chi connectivity index (χ0n) is 9.87. The Morgan fingerprint density at radius 1 is 1.69 bits per heavy atom. The van der Waals surface area contributed by atoms with E-state index in [0.717, 1.165) is 16.5 Å². The Bertz CT molecular complexity index is 380. The van der Waals surface area contributed by atoms with Gasteiger partial charge in [0.05, 0.1) is 15.8 Å². The van der Waals surface area contributed by atoms with Crippen molar-refractivity contribution in [2.45, 2.75) is 45.3 Å². The summed E-state index contributed by atoms with van der Waals surface area (Å²) in [7, 11) is 0. The topological polar surface area (TPSA) is 53.6 Å². The first kappa shape index (κ1) is 13.5. The van der Waals surface area contributed by atoms with Crippen LogP contribution in [-0.2, 0) is 6.54 Å². The molecular weight excluding hydrogens is 315 g/mol. The number of hydrogen-bond donors (Lipinski definition) is 1. The molecule has 1 rings (SSSR count). The molecule has 0 amide bonds. The molecule has 5 heteroatoms. The molecule has 0 spiro atoms. The third-order valence-electron chi connectivity index (χ3n) is 2.30. The zero-order valence-corrected chi connectivity index (χ0v) is 12.0. The predicted molar refractivity (Wildman–Crippen MR) is 71.9 cm³/mol. The maximum atomic E-state index is 9.17. The summed E-state index contributed by atoms with van der Waals surface area (Å²) in [5.74, 6) is 0. The first-order chi connectivity index (χ1) is 7.45. The van der Waals surface area contributed by atoms with E-state index >= 15 is 0 Å². The molecule has 1 N–H and O–H groups in total. The molecule has 0 saturated heterocycles. The average molecular weight is 332 g/mol. The lowest BCUT2D eigenvalue weighted by molar-refractivity contribution is 0.355. The lowest BCUT2D eigenvalue weighted by atomic mass is 9.99. The number of halogens is 1. The van der Waals surface area contributed by atoms with E-state index in [1.807, 2.05) is 37.8 Å².